The maximum absolute atomic E-state index is 12.0. The van der Waals surface area contributed by atoms with Crippen molar-refractivity contribution in [1.82, 2.24) is 10.3 Å². The second-order valence-corrected chi connectivity index (χ2v) is 9.89. The zero-order valence-corrected chi connectivity index (χ0v) is 19.5. The molecule has 0 bridgehead atoms. The van der Waals surface area contributed by atoms with Gasteiger partial charge < -0.3 is 9.47 Å². The fourth-order valence-corrected chi connectivity index (χ4v) is 3.83. The van der Waals surface area contributed by atoms with Crippen molar-refractivity contribution in [1.29, 1.82) is 0 Å². The average molecular weight is 457 g/mol. The first kappa shape index (κ1) is 23.8. The molecule has 7 nitrogen and oxygen atoms in total. The highest BCUT2D eigenvalue weighted by Gasteiger charge is 2.31. The normalized spacial score (nSPS) is 17.1. The van der Waals surface area contributed by atoms with E-state index in [1.54, 1.807) is 6.20 Å². The molecule has 0 saturated carbocycles. The number of thioether (sulfide) groups is 1. The van der Waals surface area contributed by atoms with Crippen molar-refractivity contribution in [2.45, 2.75) is 51.9 Å². The lowest BCUT2D eigenvalue weighted by molar-refractivity contribution is -0.158. The van der Waals surface area contributed by atoms with E-state index in [2.05, 4.69) is 10.3 Å². The molecular formula is C24H28N2O5S. The lowest BCUT2D eigenvalue weighted by atomic mass is 9.97. The molecule has 1 fully saturated rings. The second-order valence-electron chi connectivity index (χ2n) is 8.71. The summed E-state index contributed by atoms with van der Waals surface area (Å²) in [5.74, 6) is 0.250. The molecule has 8 heteroatoms. The SMILES string of the molecule is CC(OC(=O)C(C)(C)C)c1ccc(CCOc2ccc(C[C@H]3SC(=O)NC3=O)cc2)nc1. The quantitative estimate of drug-likeness (QED) is 0.594. The average Bonchev–Trinajstić information content (AvgIpc) is 3.05. The zero-order chi connectivity index (χ0) is 23.3. The molecule has 0 spiro atoms. The van der Waals surface area contributed by atoms with Crippen LogP contribution in [-0.4, -0.2) is 34.0 Å². The van der Waals surface area contributed by atoms with Gasteiger partial charge in [0, 0.05) is 23.9 Å². The number of pyridine rings is 1. The molecule has 2 amide bonds. The van der Waals surface area contributed by atoms with Crippen LogP contribution in [0.15, 0.2) is 42.6 Å². The topological polar surface area (TPSA) is 94.6 Å². The lowest BCUT2D eigenvalue weighted by Gasteiger charge is -2.21. The molecular weight excluding hydrogens is 428 g/mol. The first-order valence-corrected chi connectivity index (χ1v) is 11.4. The maximum atomic E-state index is 12.0. The van der Waals surface area contributed by atoms with Crippen molar-refractivity contribution in [3.8, 4) is 5.75 Å². The van der Waals surface area contributed by atoms with Crippen molar-refractivity contribution >= 4 is 28.9 Å². The van der Waals surface area contributed by atoms with E-state index in [9.17, 15) is 14.4 Å². The number of amides is 2. The van der Waals surface area contributed by atoms with Crippen LogP contribution in [0.2, 0.25) is 0 Å². The minimum absolute atomic E-state index is 0.236. The number of rotatable bonds is 8. The Labute approximate surface area is 192 Å². The number of ether oxygens (including phenoxy) is 2. The van der Waals surface area contributed by atoms with Crippen molar-refractivity contribution < 1.29 is 23.9 Å². The minimum Gasteiger partial charge on any atom is -0.493 e. The molecule has 0 aliphatic carbocycles. The highest BCUT2D eigenvalue weighted by Crippen LogP contribution is 2.24. The summed E-state index contributed by atoms with van der Waals surface area (Å²) in [4.78, 5) is 39.4. The molecule has 32 heavy (non-hydrogen) atoms. The Bertz CT molecular complexity index is 967. The third kappa shape index (κ3) is 6.56. The van der Waals surface area contributed by atoms with Crippen LogP contribution in [0.1, 0.15) is 50.6 Å². The molecule has 170 valence electrons. The smallest absolute Gasteiger partial charge is 0.311 e. The van der Waals surface area contributed by atoms with E-state index in [0.29, 0.717) is 19.4 Å². The van der Waals surface area contributed by atoms with Crippen LogP contribution in [0.5, 0.6) is 5.75 Å². The molecule has 2 atom stereocenters. The lowest BCUT2D eigenvalue weighted by Crippen LogP contribution is -2.25. The number of carbonyl (C=O) groups is 3. The monoisotopic (exact) mass is 456 g/mol. The van der Waals surface area contributed by atoms with Crippen molar-refractivity contribution in [3.05, 3.63) is 59.4 Å². The molecule has 1 unspecified atom stereocenters. The van der Waals surface area contributed by atoms with Crippen LogP contribution in [0.3, 0.4) is 0 Å². The number of esters is 1. The van der Waals surface area contributed by atoms with Gasteiger partial charge in [0.05, 0.1) is 17.3 Å². The van der Waals surface area contributed by atoms with Crippen molar-refractivity contribution in [2.75, 3.05) is 6.61 Å². The summed E-state index contributed by atoms with van der Waals surface area (Å²) in [6.07, 6.45) is 2.51. The minimum atomic E-state index is -0.541. The van der Waals surface area contributed by atoms with Gasteiger partial charge in [-0.25, -0.2) is 0 Å². The molecule has 1 saturated heterocycles. The van der Waals surface area contributed by atoms with Crippen molar-refractivity contribution in [3.63, 3.8) is 0 Å². The van der Waals surface area contributed by atoms with Gasteiger partial charge >= 0.3 is 5.97 Å². The predicted molar refractivity (Wildman–Crippen MR) is 122 cm³/mol. The van der Waals surface area contributed by atoms with E-state index < -0.39 is 5.41 Å². The number of imide groups is 1. The molecule has 1 aromatic heterocycles. The molecule has 1 N–H and O–H groups in total. The van der Waals surface area contributed by atoms with Gasteiger partial charge in [0.15, 0.2) is 0 Å². The van der Waals surface area contributed by atoms with E-state index in [1.807, 2.05) is 64.1 Å². The summed E-state index contributed by atoms with van der Waals surface area (Å²) in [5.41, 5.74) is 2.16. The Morgan fingerprint density at radius 2 is 1.88 bits per heavy atom. The standard InChI is InChI=1S/C24H28N2O5S/c1-15(31-22(28)24(2,3)4)17-7-8-18(25-14-17)11-12-30-19-9-5-16(6-10-19)13-20-21(27)26-23(29)32-20/h5-10,14-15,20H,11-13H2,1-4H3,(H,26,27,29)/t15?,20-/m1/s1. The number of aromatic nitrogens is 1. The van der Waals surface area contributed by atoms with Gasteiger partial charge in [0.2, 0.25) is 5.91 Å². The van der Waals surface area contributed by atoms with E-state index in [0.717, 1.165) is 34.3 Å². The fourth-order valence-electron chi connectivity index (χ4n) is 2.97. The van der Waals surface area contributed by atoms with Crippen LogP contribution in [0.4, 0.5) is 4.79 Å². The zero-order valence-electron chi connectivity index (χ0n) is 18.7. The molecule has 2 heterocycles. The predicted octanol–water partition coefficient (Wildman–Crippen LogP) is 4.25. The summed E-state index contributed by atoms with van der Waals surface area (Å²) in [6, 6.07) is 11.3. The van der Waals surface area contributed by atoms with E-state index in [1.165, 1.54) is 0 Å². The summed E-state index contributed by atoms with van der Waals surface area (Å²) in [6.45, 7) is 7.78. The molecule has 0 radical (unpaired) electrons. The highest BCUT2D eigenvalue weighted by molar-refractivity contribution is 8.15. The number of carbonyl (C=O) groups excluding carboxylic acids is 3. The number of hydrogen-bond acceptors (Lipinski definition) is 7. The van der Waals surface area contributed by atoms with Crippen LogP contribution >= 0.6 is 11.8 Å². The number of hydrogen-bond donors (Lipinski definition) is 1. The molecule has 1 aromatic carbocycles. The van der Waals surface area contributed by atoms with Crippen LogP contribution in [-0.2, 0) is 27.2 Å². The summed E-state index contributed by atoms with van der Waals surface area (Å²) < 4.78 is 11.3. The van der Waals surface area contributed by atoms with Crippen LogP contribution in [0.25, 0.3) is 0 Å². The van der Waals surface area contributed by atoms with E-state index in [4.69, 9.17) is 9.47 Å². The van der Waals surface area contributed by atoms with Gasteiger partial charge in [-0.15, -0.1) is 0 Å². The van der Waals surface area contributed by atoms with Gasteiger partial charge in [-0.2, -0.15) is 0 Å². The molecule has 1 aliphatic rings. The number of nitrogens with one attached hydrogen (secondary N) is 1. The molecule has 2 aromatic rings. The Balaban J connectivity index is 1.44. The molecule has 1 aliphatic heterocycles. The van der Waals surface area contributed by atoms with Gasteiger partial charge in [0.1, 0.15) is 11.9 Å². The first-order chi connectivity index (χ1) is 15.1. The van der Waals surface area contributed by atoms with Gasteiger partial charge in [-0.1, -0.05) is 30.0 Å². The molecule has 3 rings (SSSR count). The van der Waals surface area contributed by atoms with Crippen LogP contribution in [0, 0.1) is 5.41 Å². The summed E-state index contributed by atoms with van der Waals surface area (Å²) in [5, 5.41) is 1.64. The number of benzene rings is 1. The van der Waals surface area contributed by atoms with E-state index >= 15 is 0 Å². The van der Waals surface area contributed by atoms with Gasteiger partial charge in [0.25, 0.3) is 5.24 Å². The third-order valence-electron chi connectivity index (χ3n) is 4.95. The van der Waals surface area contributed by atoms with Crippen molar-refractivity contribution in [2.24, 2.45) is 5.41 Å². The van der Waals surface area contributed by atoms with Gasteiger partial charge in [-0.3, -0.25) is 24.7 Å². The Morgan fingerprint density at radius 3 is 2.44 bits per heavy atom. The Hall–Kier alpha value is -2.87. The third-order valence-corrected chi connectivity index (χ3v) is 5.93. The van der Waals surface area contributed by atoms with E-state index in [-0.39, 0.29) is 28.5 Å². The van der Waals surface area contributed by atoms with Crippen LogP contribution < -0.4 is 10.1 Å². The second kappa shape index (κ2) is 10.2. The maximum Gasteiger partial charge on any atom is 0.311 e. The summed E-state index contributed by atoms with van der Waals surface area (Å²) >= 11 is 1.03. The Kier molecular flexibility index (Phi) is 7.56. The first-order valence-electron chi connectivity index (χ1n) is 10.5. The number of nitrogens with zero attached hydrogens (tertiary/aromatic N) is 1. The fraction of sp³-hybridized carbons (Fsp3) is 0.417. The largest absolute Gasteiger partial charge is 0.493 e. The van der Waals surface area contributed by atoms with Gasteiger partial charge in [-0.05, 0) is 57.9 Å². The summed E-state index contributed by atoms with van der Waals surface area (Å²) in [7, 11) is 0. The Morgan fingerprint density at radius 1 is 1.16 bits per heavy atom. The highest BCUT2D eigenvalue weighted by atomic mass is 32.2.